The summed E-state index contributed by atoms with van der Waals surface area (Å²) in [6.07, 6.45) is 0. The van der Waals surface area contributed by atoms with Gasteiger partial charge in [-0.15, -0.1) is 11.3 Å². The van der Waals surface area contributed by atoms with Crippen molar-refractivity contribution in [2.24, 2.45) is 0 Å². The fraction of sp³-hybridized carbons (Fsp3) is 0.200. The lowest BCUT2D eigenvalue weighted by Crippen LogP contribution is -2.26. The van der Waals surface area contributed by atoms with Gasteiger partial charge >= 0.3 is 0 Å². The number of carbonyl (C=O) groups excluding carboxylic acids is 2. The average Bonchev–Trinajstić information content (AvgIpc) is 2.88. The highest BCUT2D eigenvalue weighted by atomic mass is 32.1. The zero-order valence-electron chi connectivity index (χ0n) is 11.1. The van der Waals surface area contributed by atoms with Crippen LogP contribution in [0.2, 0.25) is 0 Å². The second-order valence-electron chi connectivity index (χ2n) is 4.44. The van der Waals surface area contributed by atoms with Crippen LogP contribution < -0.4 is 5.32 Å². The summed E-state index contributed by atoms with van der Waals surface area (Å²) in [4.78, 5) is 24.2. The summed E-state index contributed by atoms with van der Waals surface area (Å²) in [6, 6.07) is 9.10. The summed E-state index contributed by atoms with van der Waals surface area (Å²) in [5.74, 6) is -0.731. The molecule has 0 aliphatic carbocycles. The first-order chi connectivity index (χ1) is 9.49. The van der Waals surface area contributed by atoms with E-state index in [-0.39, 0.29) is 17.5 Å². The minimum atomic E-state index is -0.438. The molecule has 2 aromatic rings. The fourth-order valence-corrected chi connectivity index (χ4v) is 2.63. The number of amides is 1. The van der Waals surface area contributed by atoms with Gasteiger partial charge in [-0.05, 0) is 32.0 Å². The van der Waals surface area contributed by atoms with Crippen molar-refractivity contribution in [2.75, 3.05) is 0 Å². The van der Waals surface area contributed by atoms with E-state index in [1.165, 1.54) is 13.0 Å². The molecule has 0 aliphatic rings. The van der Waals surface area contributed by atoms with E-state index in [0.29, 0.717) is 15.3 Å². The van der Waals surface area contributed by atoms with Crippen molar-refractivity contribution in [3.8, 4) is 0 Å². The minimum Gasteiger partial charge on any atom is -0.345 e. The highest BCUT2D eigenvalue weighted by molar-refractivity contribution is 7.15. The predicted octanol–water partition coefficient (Wildman–Crippen LogP) is 3.58. The molecule has 0 radical (unpaired) electrons. The standard InChI is InChI=1S/C15H14FNO2S/c1-9(11-5-3-4-6-12(11)16)17-15(19)14-8-7-13(20-14)10(2)18/h3-9H,1-2H3,(H,17,19). The lowest BCUT2D eigenvalue weighted by Gasteiger charge is -2.14. The molecule has 1 heterocycles. The third-order valence-corrected chi connectivity index (χ3v) is 4.08. The van der Waals surface area contributed by atoms with Crippen LogP contribution in [-0.2, 0) is 0 Å². The molecule has 1 aromatic heterocycles. The highest BCUT2D eigenvalue weighted by Gasteiger charge is 2.16. The molecule has 5 heteroatoms. The number of carbonyl (C=O) groups is 2. The van der Waals surface area contributed by atoms with E-state index in [1.54, 1.807) is 37.3 Å². The van der Waals surface area contributed by atoms with Crippen molar-refractivity contribution in [1.82, 2.24) is 5.32 Å². The van der Waals surface area contributed by atoms with Crippen LogP contribution in [0.3, 0.4) is 0 Å². The maximum absolute atomic E-state index is 13.6. The first kappa shape index (κ1) is 14.4. The molecule has 1 aromatic carbocycles. The van der Waals surface area contributed by atoms with Crippen LogP contribution >= 0.6 is 11.3 Å². The lowest BCUT2D eigenvalue weighted by molar-refractivity contribution is 0.0943. The molecule has 0 saturated heterocycles. The summed E-state index contributed by atoms with van der Waals surface area (Å²) in [5.41, 5.74) is 0.434. The molecule has 0 aliphatic heterocycles. The highest BCUT2D eigenvalue weighted by Crippen LogP contribution is 2.20. The molecule has 3 nitrogen and oxygen atoms in total. The van der Waals surface area contributed by atoms with Gasteiger partial charge in [0.2, 0.25) is 0 Å². The Morgan fingerprint density at radius 1 is 1.15 bits per heavy atom. The number of thiophene rings is 1. The normalized spacial score (nSPS) is 11.9. The molecule has 104 valence electrons. The monoisotopic (exact) mass is 291 g/mol. The summed E-state index contributed by atoms with van der Waals surface area (Å²) in [6.45, 7) is 3.17. The number of halogens is 1. The van der Waals surface area contributed by atoms with Crippen molar-refractivity contribution in [3.05, 3.63) is 57.5 Å². The Labute approximate surface area is 120 Å². The summed E-state index contributed by atoms with van der Waals surface area (Å²) in [7, 11) is 0. The van der Waals surface area contributed by atoms with Gasteiger partial charge in [-0.25, -0.2) is 4.39 Å². The second-order valence-corrected chi connectivity index (χ2v) is 5.52. The van der Waals surface area contributed by atoms with Crippen LogP contribution in [-0.4, -0.2) is 11.7 Å². The van der Waals surface area contributed by atoms with Crippen molar-refractivity contribution < 1.29 is 14.0 Å². The molecule has 1 atom stereocenters. The van der Waals surface area contributed by atoms with Crippen molar-refractivity contribution in [3.63, 3.8) is 0 Å². The van der Waals surface area contributed by atoms with E-state index in [2.05, 4.69) is 5.32 Å². The van der Waals surface area contributed by atoms with Crippen LogP contribution in [0.1, 0.15) is 44.8 Å². The summed E-state index contributed by atoms with van der Waals surface area (Å²) >= 11 is 1.14. The van der Waals surface area contributed by atoms with Gasteiger partial charge in [-0.2, -0.15) is 0 Å². The topological polar surface area (TPSA) is 46.2 Å². The van der Waals surface area contributed by atoms with E-state index >= 15 is 0 Å². The van der Waals surface area contributed by atoms with E-state index in [9.17, 15) is 14.0 Å². The molecular weight excluding hydrogens is 277 g/mol. The average molecular weight is 291 g/mol. The number of hydrogen-bond donors (Lipinski definition) is 1. The summed E-state index contributed by atoms with van der Waals surface area (Å²) in [5, 5.41) is 2.73. The van der Waals surface area contributed by atoms with Crippen LogP contribution in [0.4, 0.5) is 4.39 Å². The number of benzene rings is 1. The van der Waals surface area contributed by atoms with Crippen molar-refractivity contribution >= 4 is 23.0 Å². The third-order valence-electron chi connectivity index (χ3n) is 2.90. The van der Waals surface area contributed by atoms with E-state index < -0.39 is 6.04 Å². The maximum Gasteiger partial charge on any atom is 0.261 e. The zero-order valence-corrected chi connectivity index (χ0v) is 12.0. The molecule has 0 saturated carbocycles. The first-order valence-electron chi connectivity index (χ1n) is 6.15. The Balaban J connectivity index is 2.11. The number of ketones is 1. The van der Waals surface area contributed by atoms with Gasteiger partial charge < -0.3 is 5.32 Å². The van der Waals surface area contributed by atoms with Gasteiger partial charge in [0, 0.05) is 5.56 Å². The number of nitrogens with one attached hydrogen (secondary N) is 1. The van der Waals surface area contributed by atoms with Gasteiger partial charge in [0.15, 0.2) is 5.78 Å². The molecule has 20 heavy (non-hydrogen) atoms. The number of rotatable bonds is 4. The Morgan fingerprint density at radius 3 is 2.40 bits per heavy atom. The third kappa shape index (κ3) is 3.11. The largest absolute Gasteiger partial charge is 0.345 e. The molecule has 0 bridgehead atoms. The van der Waals surface area contributed by atoms with Crippen molar-refractivity contribution in [2.45, 2.75) is 19.9 Å². The van der Waals surface area contributed by atoms with Crippen molar-refractivity contribution in [1.29, 1.82) is 0 Å². The molecule has 1 N–H and O–H groups in total. The molecule has 1 unspecified atom stereocenters. The van der Waals surface area contributed by atoms with E-state index in [0.717, 1.165) is 11.3 Å². The smallest absolute Gasteiger partial charge is 0.261 e. The quantitative estimate of drug-likeness (QED) is 0.875. The SMILES string of the molecule is CC(=O)c1ccc(C(=O)NC(C)c2ccccc2F)s1. The van der Waals surface area contributed by atoms with E-state index in [4.69, 9.17) is 0 Å². The van der Waals surface area contributed by atoms with E-state index in [1.807, 2.05) is 0 Å². The minimum absolute atomic E-state index is 0.0730. The van der Waals surface area contributed by atoms with Crippen LogP contribution in [0.5, 0.6) is 0 Å². The molecule has 0 fully saturated rings. The van der Waals surface area contributed by atoms with Gasteiger partial charge in [0.1, 0.15) is 5.82 Å². The van der Waals surface area contributed by atoms with Crippen LogP contribution in [0.25, 0.3) is 0 Å². The Hall–Kier alpha value is -2.01. The molecule has 2 rings (SSSR count). The Kier molecular flexibility index (Phi) is 4.29. The first-order valence-corrected chi connectivity index (χ1v) is 6.96. The molecular formula is C15H14FNO2S. The molecule has 0 spiro atoms. The Bertz CT molecular complexity index is 651. The van der Waals surface area contributed by atoms with Gasteiger partial charge in [0.05, 0.1) is 15.8 Å². The molecule has 1 amide bonds. The summed E-state index contributed by atoms with van der Waals surface area (Å²) < 4.78 is 13.6. The number of hydrogen-bond acceptors (Lipinski definition) is 3. The van der Waals surface area contributed by atoms with Gasteiger partial charge in [-0.3, -0.25) is 9.59 Å². The van der Waals surface area contributed by atoms with Crippen LogP contribution in [0, 0.1) is 5.82 Å². The second kappa shape index (κ2) is 5.96. The van der Waals surface area contributed by atoms with Crippen LogP contribution in [0.15, 0.2) is 36.4 Å². The zero-order chi connectivity index (χ0) is 14.7. The fourth-order valence-electron chi connectivity index (χ4n) is 1.82. The number of Topliss-reactive ketones (excluding diaryl/α,β-unsaturated/α-hetero) is 1. The lowest BCUT2D eigenvalue weighted by atomic mass is 10.1. The van der Waals surface area contributed by atoms with Gasteiger partial charge in [-0.1, -0.05) is 18.2 Å². The Morgan fingerprint density at radius 2 is 1.80 bits per heavy atom. The predicted molar refractivity (Wildman–Crippen MR) is 76.6 cm³/mol. The maximum atomic E-state index is 13.6. The van der Waals surface area contributed by atoms with Gasteiger partial charge in [0.25, 0.3) is 5.91 Å².